The Labute approximate surface area is 126 Å². The number of amides is 1. The van der Waals surface area contributed by atoms with Crippen LogP contribution in [-0.2, 0) is 11.2 Å². The lowest BCUT2D eigenvalue weighted by Gasteiger charge is -2.33. The summed E-state index contributed by atoms with van der Waals surface area (Å²) in [5.41, 5.74) is 6.37. The van der Waals surface area contributed by atoms with E-state index in [0.717, 1.165) is 32.4 Å². The maximum absolute atomic E-state index is 12.0. The van der Waals surface area contributed by atoms with E-state index in [2.05, 4.69) is 4.98 Å². The minimum atomic E-state index is -0.427. The first-order valence-electron chi connectivity index (χ1n) is 7.52. The van der Waals surface area contributed by atoms with E-state index in [1.54, 1.807) is 0 Å². The fraction of sp³-hybridized carbons (Fsp3) is 0.625. The van der Waals surface area contributed by atoms with Gasteiger partial charge in [-0.1, -0.05) is 6.07 Å². The van der Waals surface area contributed by atoms with Crippen LogP contribution >= 0.6 is 0 Å². The van der Waals surface area contributed by atoms with Crippen molar-refractivity contribution in [3.05, 3.63) is 23.9 Å². The number of nitrogen functional groups attached to an aromatic ring is 1. The molecule has 1 aromatic heterocycles. The Morgan fingerprint density at radius 3 is 2.57 bits per heavy atom. The lowest BCUT2D eigenvalue weighted by molar-refractivity contribution is 0.0184. The van der Waals surface area contributed by atoms with E-state index in [9.17, 15) is 4.79 Å². The molecule has 2 heterocycles. The maximum atomic E-state index is 12.0. The summed E-state index contributed by atoms with van der Waals surface area (Å²) in [4.78, 5) is 17.9. The molecule has 2 rings (SSSR count). The first-order valence-corrected chi connectivity index (χ1v) is 7.52. The van der Waals surface area contributed by atoms with E-state index in [4.69, 9.17) is 10.5 Å². The first-order chi connectivity index (χ1) is 9.83. The van der Waals surface area contributed by atoms with Crippen molar-refractivity contribution >= 4 is 11.9 Å². The number of hydrogen-bond donors (Lipinski definition) is 1. The van der Waals surface area contributed by atoms with E-state index in [0.29, 0.717) is 11.7 Å². The van der Waals surface area contributed by atoms with Crippen LogP contribution in [0.3, 0.4) is 0 Å². The molecule has 5 nitrogen and oxygen atoms in total. The van der Waals surface area contributed by atoms with E-state index in [1.807, 2.05) is 44.0 Å². The number of rotatable bonds is 2. The summed E-state index contributed by atoms with van der Waals surface area (Å²) in [5, 5.41) is 0. The van der Waals surface area contributed by atoms with Crippen molar-refractivity contribution in [2.75, 3.05) is 18.8 Å². The van der Waals surface area contributed by atoms with Crippen molar-refractivity contribution in [3.63, 3.8) is 0 Å². The summed E-state index contributed by atoms with van der Waals surface area (Å²) >= 11 is 0. The molecule has 0 unspecified atom stereocenters. The summed E-state index contributed by atoms with van der Waals surface area (Å²) in [7, 11) is 0. The van der Waals surface area contributed by atoms with Gasteiger partial charge in [0.2, 0.25) is 0 Å². The number of carbonyl (C=O) groups is 1. The molecular formula is C16H25N3O2. The molecule has 1 aliphatic heterocycles. The Hall–Kier alpha value is -1.78. The van der Waals surface area contributed by atoms with Gasteiger partial charge >= 0.3 is 6.09 Å². The second kappa shape index (κ2) is 6.33. The van der Waals surface area contributed by atoms with Crippen molar-refractivity contribution in [3.8, 4) is 0 Å². The molecule has 1 aliphatic rings. The Morgan fingerprint density at radius 2 is 2.05 bits per heavy atom. The fourth-order valence-corrected chi connectivity index (χ4v) is 2.54. The number of pyridine rings is 1. The number of anilines is 1. The zero-order chi connectivity index (χ0) is 15.5. The van der Waals surface area contributed by atoms with Crippen LogP contribution in [0.4, 0.5) is 10.6 Å². The quantitative estimate of drug-likeness (QED) is 0.909. The standard InChI is InChI=1S/C16H25N3O2/c1-16(2,3)21-15(20)19-8-6-12(7-9-19)10-13-4-5-14(17)18-11-13/h4-5,11-12H,6-10H2,1-3H3,(H2,17,18). The van der Waals surface area contributed by atoms with Gasteiger partial charge in [-0.25, -0.2) is 9.78 Å². The highest BCUT2D eigenvalue weighted by Crippen LogP contribution is 2.23. The van der Waals surface area contributed by atoms with E-state index in [1.165, 1.54) is 5.56 Å². The summed E-state index contributed by atoms with van der Waals surface area (Å²) in [5.74, 6) is 1.15. The predicted molar refractivity (Wildman–Crippen MR) is 82.9 cm³/mol. The minimum absolute atomic E-state index is 0.199. The number of ether oxygens (including phenoxy) is 1. The first kappa shape index (κ1) is 15.6. The summed E-state index contributed by atoms with van der Waals surface area (Å²) < 4.78 is 5.41. The third-order valence-electron chi connectivity index (χ3n) is 3.64. The molecule has 0 radical (unpaired) electrons. The number of nitrogens with two attached hydrogens (primary N) is 1. The molecular weight excluding hydrogens is 266 g/mol. The Kier molecular flexibility index (Phi) is 4.70. The Balaban J connectivity index is 1.80. The highest BCUT2D eigenvalue weighted by Gasteiger charge is 2.26. The van der Waals surface area contributed by atoms with Crippen molar-refractivity contribution < 1.29 is 9.53 Å². The Bertz CT molecular complexity index is 471. The molecule has 1 saturated heterocycles. The summed E-state index contributed by atoms with van der Waals surface area (Å²) in [6, 6.07) is 3.87. The summed E-state index contributed by atoms with van der Waals surface area (Å²) in [6.07, 6.45) is 4.65. The third-order valence-corrected chi connectivity index (χ3v) is 3.64. The molecule has 1 amide bonds. The number of nitrogens with zero attached hydrogens (tertiary/aromatic N) is 2. The highest BCUT2D eigenvalue weighted by atomic mass is 16.6. The van der Waals surface area contributed by atoms with E-state index in [-0.39, 0.29) is 6.09 Å². The number of hydrogen-bond acceptors (Lipinski definition) is 4. The molecule has 0 bridgehead atoms. The Morgan fingerprint density at radius 1 is 1.38 bits per heavy atom. The second-order valence-corrected chi connectivity index (χ2v) is 6.71. The van der Waals surface area contributed by atoms with E-state index < -0.39 is 5.60 Å². The molecule has 21 heavy (non-hydrogen) atoms. The zero-order valence-corrected chi connectivity index (χ0v) is 13.1. The van der Waals surface area contributed by atoms with Gasteiger partial charge in [-0.2, -0.15) is 0 Å². The minimum Gasteiger partial charge on any atom is -0.444 e. The summed E-state index contributed by atoms with van der Waals surface area (Å²) in [6.45, 7) is 7.22. The molecule has 116 valence electrons. The average molecular weight is 291 g/mol. The van der Waals surface area contributed by atoms with Crippen LogP contribution in [0, 0.1) is 5.92 Å². The van der Waals surface area contributed by atoms with Gasteiger partial charge in [0.1, 0.15) is 11.4 Å². The monoisotopic (exact) mass is 291 g/mol. The van der Waals surface area contributed by atoms with Crippen molar-refractivity contribution in [1.82, 2.24) is 9.88 Å². The molecule has 0 saturated carbocycles. The van der Waals surface area contributed by atoms with Crippen LogP contribution < -0.4 is 5.73 Å². The molecule has 0 spiro atoms. The highest BCUT2D eigenvalue weighted by molar-refractivity contribution is 5.68. The van der Waals surface area contributed by atoms with Crippen LogP contribution in [-0.4, -0.2) is 34.7 Å². The number of likely N-dealkylation sites (tertiary alicyclic amines) is 1. The van der Waals surface area contributed by atoms with Gasteiger partial charge in [0, 0.05) is 19.3 Å². The van der Waals surface area contributed by atoms with Gasteiger partial charge < -0.3 is 15.4 Å². The zero-order valence-electron chi connectivity index (χ0n) is 13.1. The largest absolute Gasteiger partial charge is 0.444 e. The normalized spacial score (nSPS) is 16.8. The average Bonchev–Trinajstić information content (AvgIpc) is 2.40. The van der Waals surface area contributed by atoms with Crippen LogP contribution in [0.2, 0.25) is 0 Å². The SMILES string of the molecule is CC(C)(C)OC(=O)N1CCC(Cc2ccc(N)nc2)CC1. The van der Waals surface area contributed by atoms with Crippen LogP contribution in [0.25, 0.3) is 0 Å². The van der Waals surface area contributed by atoms with Gasteiger partial charge in [-0.05, 0) is 57.6 Å². The smallest absolute Gasteiger partial charge is 0.410 e. The second-order valence-electron chi connectivity index (χ2n) is 6.71. The fourth-order valence-electron chi connectivity index (χ4n) is 2.54. The lowest BCUT2D eigenvalue weighted by Crippen LogP contribution is -2.42. The van der Waals surface area contributed by atoms with Gasteiger partial charge in [0.25, 0.3) is 0 Å². The van der Waals surface area contributed by atoms with Gasteiger partial charge in [0.05, 0.1) is 0 Å². The predicted octanol–water partition coefficient (Wildman–Crippen LogP) is 2.85. The number of carbonyl (C=O) groups excluding carboxylic acids is 1. The van der Waals surface area contributed by atoms with Gasteiger partial charge in [0.15, 0.2) is 0 Å². The molecule has 0 atom stereocenters. The molecule has 1 fully saturated rings. The van der Waals surface area contributed by atoms with Crippen LogP contribution in [0.15, 0.2) is 18.3 Å². The molecule has 0 aliphatic carbocycles. The van der Waals surface area contributed by atoms with Gasteiger partial charge in [-0.15, -0.1) is 0 Å². The molecule has 1 aromatic rings. The van der Waals surface area contributed by atoms with Crippen molar-refractivity contribution in [2.24, 2.45) is 5.92 Å². The lowest BCUT2D eigenvalue weighted by atomic mass is 9.91. The van der Waals surface area contributed by atoms with Crippen LogP contribution in [0.5, 0.6) is 0 Å². The molecule has 0 aromatic carbocycles. The maximum Gasteiger partial charge on any atom is 0.410 e. The molecule has 5 heteroatoms. The van der Waals surface area contributed by atoms with E-state index >= 15 is 0 Å². The van der Waals surface area contributed by atoms with Crippen LogP contribution in [0.1, 0.15) is 39.2 Å². The third kappa shape index (κ3) is 4.92. The molecule has 2 N–H and O–H groups in total. The van der Waals surface area contributed by atoms with Crippen molar-refractivity contribution in [2.45, 2.75) is 45.6 Å². The van der Waals surface area contributed by atoms with Gasteiger partial charge in [-0.3, -0.25) is 0 Å². The topological polar surface area (TPSA) is 68.5 Å². The number of piperidine rings is 1. The van der Waals surface area contributed by atoms with Crippen molar-refractivity contribution in [1.29, 1.82) is 0 Å². The number of aromatic nitrogens is 1.